The van der Waals surface area contributed by atoms with E-state index in [4.69, 9.17) is 16.3 Å². The lowest BCUT2D eigenvalue weighted by molar-refractivity contribution is -0.274. The first kappa shape index (κ1) is 30.0. The molecule has 39 heavy (non-hydrogen) atoms. The molecule has 1 fully saturated rings. The van der Waals surface area contributed by atoms with E-state index in [2.05, 4.69) is 9.47 Å². The number of carbonyl (C=O) groups excluding carboxylic acids is 2. The number of nitrogens with zero attached hydrogens (tertiary/aromatic N) is 2. The van der Waals surface area contributed by atoms with Gasteiger partial charge in [-0.05, 0) is 61.7 Å². The normalized spacial score (nSPS) is 14.9. The summed E-state index contributed by atoms with van der Waals surface area (Å²) in [5.74, 6) is -6.83. The van der Waals surface area contributed by atoms with Gasteiger partial charge >= 0.3 is 24.5 Å². The van der Waals surface area contributed by atoms with Crippen LogP contribution in [0.15, 0.2) is 30.3 Å². The number of alkyl halides is 6. The molecule has 2 aromatic rings. The highest BCUT2D eigenvalue weighted by atomic mass is 35.5. The van der Waals surface area contributed by atoms with Crippen molar-refractivity contribution in [3.05, 3.63) is 57.9 Å². The molecule has 0 atom stereocenters. The van der Waals surface area contributed by atoms with Crippen molar-refractivity contribution in [3.63, 3.8) is 0 Å². The Labute approximate surface area is 221 Å². The van der Waals surface area contributed by atoms with Gasteiger partial charge in [-0.25, -0.2) is 14.0 Å². The summed E-state index contributed by atoms with van der Waals surface area (Å²) < 4.78 is 102. The number of benzene rings is 2. The Morgan fingerprint density at radius 3 is 2.31 bits per heavy atom. The summed E-state index contributed by atoms with van der Waals surface area (Å²) in [5.41, 5.74) is -0.895. The maximum Gasteiger partial charge on any atom is 0.573 e. The van der Waals surface area contributed by atoms with Gasteiger partial charge in [-0.2, -0.15) is 18.4 Å². The van der Waals surface area contributed by atoms with Crippen LogP contribution in [-0.4, -0.2) is 49.1 Å². The third-order valence-corrected chi connectivity index (χ3v) is 5.80. The molecular formula is C24H18ClF7N2O5. The van der Waals surface area contributed by atoms with E-state index in [0.29, 0.717) is 50.2 Å². The summed E-state index contributed by atoms with van der Waals surface area (Å²) in [7, 11) is 0. The lowest BCUT2D eigenvalue weighted by atomic mass is 9.97. The van der Waals surface area contributed by atoms with Crippen molar-refractivity contribution in [2.24, 2.45) is 5.92 Å². The zero-order valence-corrected chi connectivity index (χ0v) is 20.4. The molecule has 2 aromatic carbocycles. The molecule has 1 saturated heterocycles. The fourth-order valence-corrected chi connectivity index (χ4v) is 4.04. The molecule has 1 aliphatic heterocycles. The lowest BCUT2D eigenvalue weighted by Gasteiger charge is -2.32. The molecule has 0 N–H and O–H groups in total. The van der Waals surface area contributed by atoms with Crippen LogP contribution in [0.2, 0.25) is 5.02 Å². The largest absolute Gasteiger partial charge is 0.573 e. The highest BCUT2D eigenvalue weighted by Crippen LogP contribution is 2.30. The highest BCUT2D eigenvalue weighted by Gasteiger charge is 2.43. The Kier molecular flexibility index (Phi) is 9.29. The number of esters is 2. The van der Waals surface area contributed by atoms with Gasteiger partial charge in [0, 0.05) is 17.6 Å². The number of likely N-dealkylation sites (tertiary alicyclic amines) is 1. The molecule has 1 aliphatic rings. The van der Waals surface area contributed by atoms with Crippen molar-refractivity contribution in [2.45, 2.75) is 31.9 Å². The van der Waals surface area contributed by atoms with Gasteiger partial charge in [0.25, 0.3) is 0 Å². The van der Waals surface area contributed by atoms with Crippen molar-refractivity contribution in [3.8, 4) is 17.6 Å². The van der Waals surface area contributed by atoms with E-state index in [-0.39, 0.29) is 28.9 Å². The quantitative estimate of drug-likeness (QED) is 0.232. The van der Waals surface area contributed by atoms with Crippen LogP contribution in [0, 0.1) is 23.1 Å². The number of nitriles is 1. The van der Waals surface area contributed by atoms with Gasteiger partial charge in [-0.1, -0.05) is 11.6 Å². The Balaban J connectivity index is 1.56. The van der Waals surface area contributed by atoms with E-state index >= 15 is 0 Å². The van der Waals surface area contributed by atoms with Crippen LogP contribution in [0.5, 0.6) is 11.5 Å². The van der Waals surface area contributed by atoms with Crippen LogP contribution in [0.25, 0.3) is 0 Å². The third-order valence-electron chi connectivity index (χ3n) is 5.58. The van der Waals surface area contributed by atoms with Crippen LogP contribution in [0.1, 0.15) is 34.3 Å². The average Bonchev–Trinajstić information content (AvgIpc) is 2.81. The molecule has 0 saturated carbocycles. The van der Waals surface area contributed by atoms with Crippen LogP contribution < -0.4 is 9.47 Å². The number of hydrogen-bond acceptors (Lipinski definition) is 7. The molecule has 0 spiro atoms. The fourth-order valence-electron chi connectivity index (χ4n) is 3.80. The van der Waals surface area contributed by atoms with E-state index in [9.17, 15) is 45.6 Å². The molecule has 0 unspecified atom stereocenters. The SMILES string of the molecule is N#Cc1cc(C(=O)OC(=O)C(F)(F)F)c(F)cc1OCC1CCN(Cc2cc(Cl)cc(OC(F)(F)F)c2)CC1. The van der Waals surface area contributed by atoms with Crippen molar-refractivity contribution < 1.29 is 54.5 Å². The van der Waals surface area contributed by atoms with Gasteiger partial charge in [0.15, 0.2) is 0 Å². The molecule has 15 heteroatoms. The molecule has 210 valence electrons. The number of rotatable bonds is 7. The maximum atomic E-state index is 14.4. The van der Waals surface area contributed by atoms with E-state index in [1.165, 1.54) is 12.1 Å². The predicted molar refractivity (Wildman–Crippen MR) is 119 cm³/mol. The predicted octanol–water partition coefficient (Wildman–Crippen LogP) is 5.79. The van der Waals surface area contributed by atoms with Gasteiger partial charge in [-0.3, -0.25) is 4.90 Å². The Bertz CT molecular complexity index is 1270. The smallest absolute Gasteiger partial charge is 0.492 e. The summed E-state index contributed by atoms with van der Waals surface area (Å²) in [6, 6.07) is 6.73. The lowest BCUT2D eigenvalue weighted by Crippen LogP contribution is -2.35. The molecule has 3 rings (SSSR count). The van der Waals surface area contributed by atoms with Crippen molar-refractivity contribution >= 4 is 23.5 Å². The van der Waals surface area contributed by atoms with E-state index < -0.39 is 41.6 Å². The number of carbonyl (C=O) groups is 2. The van der Waals surface area contributed by atoms with E-state index in [1.807, 2.05) is 4.90 Å². The van der Waals surface area contributed by atoms with Crippen LogP contribution in [-0.2, 0) is 16.1 Å². The summed E-state index contributed by atoms with van der Waals surface area (Å²) in [5, 5.41) is 9.39. The minimum absolute atomic E-state index is 0.0407. The first-order valence-corrected chi connectivity index (χ1v) is 11.5. The maximum absolute atomic E-state index is 14.4. The summed E-state index contributed by atoms with van der Waals surface area (Å²) in [4.78, 5) is 24.6. The molecule has 0 radical (unpaired) electrons. The fraction of sp³-hybridized carbons (Fsp3) is 0.375. The number of halogens is 8. The van der Waals surface area contributed by atoms with E-state index in [0.717, 1.165) is 6.07 Å². The summed E-state index contributed by atoms with van der Waals surface area (Å²) in [6.07, 6.45) is -9.16. The second kappa shape index (κ2) is 12.1. The first-order chi connectivity index (χ1) is 18.1. The Morgan fingerprint density at radius 1 is 1.05 bits per heavy atom. The topological polar surface area (TPSA) is 88.9 Å². The number of piperidine rings is 1. The van der Waals surface area contributed by atoms with Crippen LogP contribution in [0.3, 0.4) is 0 Å². The minimum Gasteiger partial charge on any atom is -0.492 e. The number of ether oxygens (including phenoxy) is 3. The Morgan fingerprint density at radius 2 is 1.72 bits per heavy atom. The van der Waals surface area contributed by atoms with Gasteiger partial charge in [0.05, 0.1) is 17.7 Å². The summed E-state index contributed by atoms with van der Waals surface area (Å²) in [6.45, 7) is 1.42. The molecule has 1 heterocycles. The Hall–Kier alpha value is -3.57. The molecule has 0 aromatic heterocycles. The van der Waals surface area contributed by atoms with Gasteiger partial charge in [0.2, 0.25) is 0 Å². The standard InChI is InChI=1S/C24H18ClF7N2O5/c25-16-5-14(6-17(8-16)39-24(30,31)32)11-34-3-1-13(2-4-34)12-37-20-9-19(26)18(7-15(20)10-33)21(35)38-22(36)23(27,28)29/h5-9,13H,1-4,11-12H2. The van der Waals surface area contributed by atoms with E-state index in [1.54, 1.807) is 6.07 Å². The van der Waals surface area contributed by atoms with Gasteiger partial charge in [-0.15, -0.1) is 13.2 Å². The summed E-state index contributed by atoms with van der Waals surface area (Å²) >= 11 is 5.90. The van der Waals surface area contributed by atoms with Crippen LogP contribution in [0.4, 0.5) is 30.7 Å². The third kappa shape index (κ3) is 8.72. The second-order valence-corrected chi connectivity index (χ2v) is 8.92. The van der Waals surface area contributed by atoms with Crippen molar-refractivity contribution in [1.29, 1.82) is 5.26 Å². The molecule has 0 bridgehead atoms. The highest BCUT2D eigenvalue weighted by molar-refractivity contribution is 6.30. The molecule has 7 nitrogen and oxygen atoms in total. The molecular weight excluding hydrogens is 565 g/mol. The number of hydrogen-bond donors (Lipinski definition) is 0. The molecule has 0 amide bonds. The zero-order chi connectivity index (χ0) is 29.0. The van der Waals surface area contributed by atoms with Gasteiger partial charge < -0.3 is 14.2 Å². The average molecular weight is 583 g/mol. The monoisotopic (exact) mass is 582 g/mol. The zero-order valence-electron chi connectivity index (χ0n) is 19.7. The first-order valence-electron chi connectivity index (χ1n) is 11.1. The van der Waals surface area contributed by atoms with Gasteiger partial charge in [0.1, 0.15) is 23.4 Å². The van der Waals surface area contributed by atoms with Crippen LogP contribution >= 0.6 is 11.6 Å². The second-order valence-electron chi connectivity index (χ2n) is 8.49. The van der Waals surface area contributed by atoms with Crippen molar-refractivity contribution in [2.75, 3.05) is 19.7 Å². The molecule has 0 aliphatic carbocycles. The van der Waals surface area contributed by atoms with Crippen molar-refractivity contribution in [1.82, 2.24) is 4.90 Å². The minimum atomic E-state index is -5.47.